The van der Waals surface area contributed by atoms with Gasteiger partial charge in [0.2, 0.25) is 5.91 Å². The molecule has 1 amide bonds. The van der Waals surface area contributed by atoms with E-state index in [-0.39, 0.29) is 30.6 Å². The van der Waals surface area contributed by atoms with Crippen molar-refractivity contribution in [3.05, 3.63) is 45.6 Å². The minimum Gasteiger partial charge on any atom is -0.493 e. The maximum Gasteiger partial charge on any atom is 0.220 e. The van der Waals surface area contributed by atoms with Gasteiger partial charge in [0.15, 0.2) is 17.3 Å². The molecule has 1 atom stereocenters. The normalized spacial score (nSPS) is 11.7. The average Bonchev–Trinajstić information content (AvgIpc) is 3.13. The van der Waals surface area contributed by atoms with Crippen LogP contribution in [0.5, 0.6) is 11.5 Å². The van der Waals surface area contributed by atoms with Crippen molar-refractivity contribution in [2.75, 3.05) is 14.2 Å². The van der Waals surface area contributed by atoms with E-state index in [0.717, 1.165) is 11.1 Å². The number of hydrogen-bond donors (Lipinski definition) is 1. The van der Waals surface area contributed by atoms with Gasteiger partial charge in [-0.3, -0.25) is 9.59 Å². The zero-order valence-electron chi connectivity index (χ0n) is 14.9. The van der Waals surface area contributed by atoms with Crippen molar-refractivity contribution in [2.24, 2.45) is 0 Å². The predicted octanol–water partition coefficient (Wildman–Crippen LogP) is 3.91. The molecule has 0 aliphatic rings. The van der Waals surface area contributed by atoms with Crippen molar-refractivity contribution in [1.82, 2.24) is 5.32 Å². The molecule has 134 valence electrons. The fraction of sp³-hybridized carbons (Fsp3) is 0.368. The molecule has 0 saturated heterocycles. The Bertz CT molecular complexity index is 740. The molecule has 1 aromatic carbocycles. The number of hydrogen-bond acceptors (Lipinski definition) is 5. The van der Waals surface area contributed by atoms with Gasteiger partial charge in [0.1, 0.15) is 0 Å². The molecule has 1 N–H and O–H groups in total. The van der Waals surface area contributed by atoms with E-state index in [4.69, 9.17) is 9.47 Å². The molecule has 25 heavy (non-hydrogen) atoms. The molecule has 0 aliphatic carbocycles. The Kier molecular flexibility index (Phi) is 6.58. The maximum absolute atomic E-state index is 12.2. The number of methoxy groups -OCH3 is 2. The van der Waals surface area contributed by atoms with Gasteiger partial charge in [0.05, 0.1) is 25.1 Å². The van der Waals surface area contributed by atoms with Crippen LogP contribution in [0.2, 0.25) is 0 Å². The van der Waals surface area contributed by atoms with E-state index in [1.54, 1.807) is 20.3 Å². The molecule has 1 heterocycles. The third-order valence-electron chi connectivity index (χ3n) is 3.99. The second-order valence-electron chi connectivity index (χ2n) is 5.75. The van der Waals surface area contributed by atoms with Gasteiger partial charge in [-0.05, 0) is 48.6 Å². The summed E-state index contributed by atoms with van der Waals surface area (Å²) in [5.41, 5.74) is 1.95. The van der Waals surface area contributed by atoms with Crippen LogP contribution in [0.1, 0.15) is 46.6 Å². The maximum atomic E-state index is 12.2. The first-order valence-corrected chi connectivity index (χ1v) is 8.92. The lowest BCUT2D eigenvalue weighted by molar-refractivity contribution is -0.121. The highest BCUT2D eigenvalue weighted by Crippen LogP contribution is 2.32. The number of aryl methyl sites for hydroxylation is 1. The smallest absolute Gasteiger partial charge is 0.220 e. The summed E-state index contributed by atoms with van der Waals surface area (Å²) in [4.78, 5) is 24.8. The second-order valence-corrected chi connectivity index (χ2v) is 6.70. The summed E-state index contributed by atoms with van der Waals surface area (Å²) in [6.07, 6.45) is 0.386. The number of nitrogens with one attached hydrogen (secondary N) is 1. The first-order valence-electron chi connectivity index (χ1n) is 8.04. The third kappa shape index (κ3) is 4.82. The molecule has 0 saturated carbocycles. The van der Waals surface area contributed by atoms with E-state index in [1.807, 2.05) is 37.4 Å². The average molecular weight is 361 g/mol. The summed E-state index contributed by atoms with van der Waals surface area (Å²) in [6.45, 7) is 3.87. The summed E-state index contributed by atoms with van der Waals surface area (Å²) in [5, 5.41) is 4.80. The molecule has 1 unspecified atom stereocenters. The van der Waals surface area contributed by atoms with Gasteiger partial charge in [0.25, 0.3) is 0 Å². The summed E-state index contributed by atoms with van der Waals surface area (Å²) < 4.78 is 10.6. The van der Waals surface area contributed by atoms with Crippen LogP contribution in [0, 0.1) is 6.92 Å². The van der Waals surface area contributed by atoms with E-state index in [1.165, 1.54) is 11.3 Å². The fourth-order valence-corrected chi connectivity index (χ4v) is 3.34. The number of thiophene rings is 1. The lowest BCUT2D eigenvalue weighted by Crippen LogP contribution is -2.27. The third-order valence-corrected chi connectivity index (χ3v) is 4.90. The van der Waals surface area contributed by atoms with Crippen LogP contribution in [-0.2, 0) is 4.79 Å². The number of carbonyl (C=O) groups is 2. The molecule has 6 heteroatoms. The molecule has 0 bridgehead atoms. The van der Waals surface area contributed by atoms with Crippen LogP contribution in [0.15, 0.2) is 29.6 Å². The van der Waals surface area contributed by atoms with Crippen molar-refractivity contribution in [1.29, 1.82) is 0 Å². The second kappa shape index (κ2) is 8.67. The highest BCUT2D eigenvalue weighted by Gasteiger charge is 2.17. The molecule has 1 aromatic heterocycles. The molecule has 5 nitrogen and oxygen atoms in total. The van der Waals surface area contributed by atoms with Crippen molar-refractivity contribution in [3.63, 3.8) is 0 Å². The van der Waals surface area contributed by atoms with Gasteiger partial charge >= 0.3 is 0 Å². The molecule has 0 aliphatic heterocycles. The molecule has 2 aromatic rings. The van der Waals surface area contributed by atoms with Gasteiger partial charge in [0, 0.05) is 12.8 Å². The Morgan fingerprint density at radius 1 is 1.16 bits per heavy atom. The van der Waals surface area contributed by atoms with Crippen molar-refractivity contribution < 1.29 is 19.1 Å². The Labute approximate surface area is 152 Å². The van der Waals surface area contributed by atoms with Gasteiger partial charge in [-0.1, -0.05) is 6.07 Å². The molecule has 0 fully saturated rings. The quantitative estimate of drug-likeness (QED) is 0.724. The van der Waals surface area contributed by atoms with Crippen molar-refractivity contribution in [2.45, 2.75) is 32.7 Å². The van der Waals surface area contributed by atoms with Gasteiger partial charge in [-0.2, -0.15) is 0 Å². The molecular formula is C19H23NO4S. The van der Waals surface area contributed by atoms with E-state index < -0.39 is 0 Å². The predicted molar refractivity (Wildman–Crippen MR) is 98.7 cm³/mol. The van der Waals surface area contributed by atoms with Gasteiger partial charge in [-0.15, -0.1) is 11.3 Å². The number of ether oxygens (including phenoxy) is 2. The number of carbonyl (C=O) groups excluding carboxylic acids is 2. The number of amides is 1. The summed E-state index contributed by atoms with van der Waals surface area (Å²) in [7, 11) is 3.17. The van der Waals surface area contributed by atoms with E-state index in [9.17, 15) is 9.59 Å². The highest BCUT2D eigenvalue weighted by atomic mass is 32.1. The zero-order valence-corrected chi connectivity index (χ0v) is 15.7. The van der Waals surface area contributed by atoms with E-state index >= 15 is 0 Å². The Morgan fingerprint density at radius 2 is 1.84 bits per heavy atom. The zero-order chi connectivity index (χ0) is 18.4. The molecule has 2 rings (SSSR count). The van der Waals surface area contributed by atoms with Crippen molar-refractivity contribution in [3.8, 4) is 11.5 Å². The minimum absolute atomic E-state index is 0.0000929. The van der Waals surface area contributed by atoms with Gasteiger partial charge in [-0.25, -0.2) is 0 Å². The monoisotopic (exact) mass is 361 g/mol. The lowest BCUT2D eigenvalue weighted by Gasteiger charge is -2.19. The summed E-state index contributed by atoms with van der Waals surface area (Å²) >= 11 is 1.40. The van der Waals surface area contributed by atoms with Crippen LogP contribution >= 0.6 is 11.3 Å². The van der Waals surface area contributed by atoms with Gasteiger partial charge < -0.3 is 14.8 Å². The topological polar surface area (TPSA) is 64.6 Å². The molecule has 0 radical (unpaired) electrons. The molecular weight excluding hydrogens is 338 g/mol. The minimum atomic E-state index is -0.191. The summed E-state index contributed by atoms with van der Waals surface area (Å²) in [6, 6.07) is 7.18. The van der Waals surface area contributed by atoms with Crippen LogP contribution in [0.4, 0.5) is 0 Å². The number of ketones is 1. The van der Waals surface area contributed by atoms with Crippen molar-refractivity contribution >= 4 is 23.0 Å². The fourth-order valence-electron chi connectivity index (χ4n) is 2.64. The Balaban J connectivity index is 1.98. The first kappa shape index (κ1) is 19.0. The summed E-state index contributed by atoms with van der Waals surface area (Å²) in [5.74, 6) is 1.13. The SMILES string of the molecule is COc1cc(C)c(C(C)NC(=O)CCC(=O)c2cccs2)cc1OC. The van der Waals surface area contributed by atoms with Crippen LogP contribution < -0.4 is 14.8 Å². The highest BCUT2D eigenvalue weighted by molar-refractivity contribution is 7.12. The van der Waals surface area contributed by atoms with Crippen LogP contribution in [0.25, 0.3) is 0 Å². The lowest BCUT2D eigenvalue weighted by atomic mass is 10.0. The standard InChI is InChI=1S/C19H23NO4S/c1-12-10-16(23-3)17(24-4)11-14(12)13(2)20-19(22)8-7-15(21)18-6-5-9-25-18/h5-6,9-11,13H,7-8H2,1-4H3,(H,20,22). The largest absolute Gasteiger partial charge is 0.493 e. The number of rotatable bonds is 8. The number of Topliss-reactive ketones (excluding diaryl/α,β-unsaturated/α-hetero) is 1. The molecule has 0 spiro atoms. The number of benzene rings is 1. The first-order chi connectivity index (χ1) is 12.0. The van der Waals surface area contributed by atoms with E-state index in [0.29, 0.717) is 16.4 Å². The van der Waals surface area contributed by atoms with E-state index in [2.05, 4.69) is 5.32 Å². The van der Waals surface area contributed by atoms with Crippen LogP contribution in [-0.4, -0.2) is 25.9 Å². The Morgan fingerprint density at radius 3 is 2.44 bits per heavy atom. The van der Waals surface area contributed by atoms with Crippen LogP contribution in [0.3, 0.4) is 0 Å². The Hall–Kier alpha value is -2.34.